The largest absolute Gasteiger partial charge is 0.360 e. The third kappa shape index (κ3) is 2.05. The van der Waals surface area contributed by atoms with Crippen LogP contribution in [0.2, 0.25) is 0 Å². The van der Waals surface area contributed by atoms with Crippen molar-refractivity contribution >= 4 is 16.7 Å². The van der Waals surface area contributed by atoms with Crippen molar-refractivity contribution in [2.24, 2.45) is 0 Å². The van der Waals surface area contributed by atoms with Gasteiger partial charge in [0.15, 0.2) is 0 Å². The van der Waals surface area contributed by atoms with Crippen molar-refractivity contribution in [2.45, 2.75) is 25.7 Å². The van der Waals surface area contributed by atoms with E-state index in [4.69, 9.17) is 0 Å². The van der Waals surface area contributed by atoms with Gasteiger partial charge in [-0.3, -0.25) is 0 Å². The summed E-state index contributed by atoms with van der Waals surface area (Å²) in [6, 6.07) is 8.67. The molecule has 3 nitrogen and oxygen atoms in total. The lowest BCUT2D eigenvalue weighted by Gasteiger charge is -2.29. The van der Waals surface area contributed by atoms with E-state index >= 15 is 0 Å². The second-order valence-corrected chi connectivity index (χ2v) is 5.10. The number of hydrogen-bond donors (Lipinski definition) is 1. The summed E-state index contributed by atoms with van der Waals surface area (Å²) in [7, 11) is 0. The normalized spacial score (nSPS) is 17.4. The van der Waals surface area contributed by atoms with Gasteiger partial charge in [-0.25, -0.2) is 4.98 Å². The quantitative estimate of drug-likeness (QED) is 0.900. The summed E-state index contributed by atoms with van der Waals surface area (Å²) in [5.74, 6) is 1.58. The van der Waals surface area contributed by atoms with Crippen LogP contribution in [-0.4, -0.2) is 15.9 Å². The summed E-state index contributed by atoms with van der Waals surface area (Å²) in [5.41, 5.74) is 2.98. The molecule has 2 aromatic rings. The van der Waals surface area contributed by atoms with Crippen LogP contribution in [0, 0.1) is 0 Å². The average molecular weight is 245 g/mol. The zero-order chi connectivity index (χ0) is 11.7. The molecule has 0 amide bonds. The summed E-state index contributed by atoms with van der Waals surface area (Å²) < 4.78 is 4.27. The van der Waals surface area contributed by atoms with Crippen LogP contribution >= 0.6 is 11.5 Å². The lowest BCUT2D eigenvalue weighted by atomic mass is 9.78. The number of aryl methyl sites for hydroxylation is 1. The molecule has 4 heteroatoms. The third-order valence-electron chi connectivity index (χ3n) is 3.25. The van der Waals surface area contributed by atoms with Gasteiger partial charge in [0.05, 0.1) is 0 Å². The van der Waals surface area contributed by atoms with E-state index in [0.29, 0.717) is 5.92 Å². The van der Waals surface area contributed by atoms with Crippen molar-refractivity contribution in [1.82, 2.24) is 9.36 Å². The zero-order valence-electron chi connectivity index (χ0n) is 9.81. The van der Waals surface area contributed by atoms with E-state index in [9.17, 15) is 0 Å². The monoisotopic (exact) mass is 245 g/mol. The fourth-order valence-electron chi connectivity index (χ4n) is 2.22. The van der Waals surface area contributed by atoms with Crippen molar-refractivity contribution < 1.29 is 0 Å². The van der Waals surface area contributed by atoms with Gasteiger partial charge in [0.2, 0.25) is 5.13 Å². The second kappa shape index (κ2) is 4.45. The van der Waals surface area contributed by atoms with Gasteiger partial charge in [-0.05, 0) is 17.5 Å². The van der Waals surface area contributed by atoms with Crippen LogP contribution in [0.25, 0.3) is 0 Å². The molecule has 0 saturated heterocycles. The Hall–Kier alpha value is -1.42. The lowest BCUT2D eigenvalue weighted by Crippen LogP contribution is -2.24. The van der Waals surface area contributed by atoms with E-state index in [-0.39, 0.29) is 0 Å². The second-order valence-electron chi connectivity index (χ2n) is 4.35. The van der Waals surface area contributed by atoms with Crippen molar-refractivity contribution in [3.8, 4) is 0 Å². The molecule has 1 aromatic heterocycles. The molecule has 0 spiro atoms. The molecular weight excluding hydrogens is 230 g/mol. The first-order valence-electron chi connectivity index (χ1n) is 6.01. The summed E-state index contributed by atoms with van der Waals surface area (Å²) in [4.78, 5) is 4.41. The molecule has 0 saturated carbocycles. The van der Waals surface area contributed by atoms with E-state index in [1.807, 2.05) is 0 Å². The molecular formula is C13H15N3S. The van der Waals surface area contributed by atoms with Crippen molar-refractivity contribution in [2.75, 3.05) is 11.9 Å². The molecule has 0 fully saturated rings. The number of nitrogens with one attached hydrogen (secondary N) is 1. The van der Waals surface area contributed by atoms with Crippen LogP contribution in [0.1, 0.15) is 29.8 Å². The molecule has 1 aromatic carbocycles. The van der Waals surface area contributed by atoms with Crippen LogP contribution < -0.4 is 5.32 Å². The molecule has 1 unspecified atom stereocenters. The predicted molar refractivity (Wildman–Crippen MR) is 70.7 cm³/mol. The predicted octanol–water partition coefficient (Wildman–Crippen LogP) is 2.85. The maximum atomic E-state index is 4.41. The Kier molecular flexibility index (Phi) is 2.81. The highest BCUT2D eigenvalue weighted by atomic mass is 32.1. The standard InChI is InChI=1S/C13H15N3S/c1-2-12-15-13(17-16-12)14-8-10-7-9-5-3-4-6-11(9)10/h3-6,10H,2,7-8H2,1H3,(H,14,15,16). The van der Waals surface area contributed by atoms with Crippen LogP contribution in [0.5, 0.6) is 0 Å². The molecule has 1 aliphatic carbocycles. The maximum absolute atomic E-state index is 4.41. The minimum Gasteiger partial charge on any atom is -0.360 e. The Morgan fingerprint density at radius 2 is 2.29 bits per heavy atom. The van der Waals surface area contributed by atoms with E-state index in [2.05, 4.69) is 45.9 Å². The summed E-state index contributed by atoms with van der Waals surface area (Å²) in [6.45, 7) is 3.05. The number of nitrogens with zero attached hydrogens (tertiary/aromatic N) is 2. The SMILES string of the molecule is CCc1nsc(NCC2Cc3ccccc32)n1. The molecule has 88 valence electrons. The first-order valence-corrected chi connectivity index (χ1v) is 6.78. The maximum Gasteiger partial charge on any atom is 0.202 e. The number of aromatic nitrogens is 2. The van der Waals surface area contributed by atoms with Gasteiger partial charge in [-0.2, -0.15) is 4.37 Å². The zero-order valence-corrected chi connectivity index (χ0v) is 10.6. The van der Waals surface area contributed by atoms with E-state index in [0.717, 1.165) is 23.9 Å². The minimum absolute atomic E-state index is 0.639. The van der Waals surface area contributed by atoms with Crippen LogP contribution in [0.15, 0.2) is 24.3 Å². The molecule has 1 heterocycles. The molecule has 3 rings (SSSR count). The Balaban J connectivity index is 1.60. The number of fused-ring (bicyclic) bond motifs is 1. The van der Waals surface area contributed by atoms with Crippen molar-refractivity contribution in [3.05, 3.63) is 41.2 Å². The molecule has 1 atom stereocenters. The Labute approximate surface area is 105 Å². The number of benzene rings is 1. The molecule has 0 radical (unpaired) electrons. The van der Waals surface area contributed by atoms with Gasteiger partial charge >= 0.3 is 0 Å². The number of hydrogen-bond acceptors (Lipinski definition) is 4. The molecule has 17 heavy (non-hydrogen) atoms. The molecule has 0 bridgehead atoms. The first kappa shape index (κ1) is 10.7. The fourth-order valence-corrected chi connectivity index (χ4v) is 2.88. The van der Waals surface area contributed by atoms with Gasteiger partial charge in [-0.15, -0.1) is 0 Å². The van der Waals surface area contributed by atoms with Gasteiger partial charge in [0.1, 0.15) is 5.82 Å². The first-order chi connectivity index (χ1) is 8.36. The molecule has 1 aliphatic rings. The number of anilines is 1. The third-order valence-corrected chi connectivity index (χ3v) is 3.96. The highest BCUT2D eigenvalue weighted by Gasteiger charge is 2.25. The van der Waals surface area contributed by atoms with E-state index < -0.39 is 0 Å². The fraction of sp³-hybridized carbons (Fsp3) is 0.385. The van der Waals surface area contributed by atoms with Gasteiger partial charge < -0.3 is 5.32 Å². The van der Waals surface area contributed by atoms with Crippen molar-refractivity contribution in [3.63, 3.8) is 0 Å². The van der Waals surface area contributed by atoms with Crippen molar-refractivity contribution in [1.29, 1.82) is 0 Å². The summed E-state index contributed by atoms with van der Waals surface area (Å²) in [6.07, 6.45) is 2.09. The average Bonchev–Trinajstić information content (AvgIpc) is 2.78. The Bertz CT molecular complexity index is 521. The van der Waals surface area contributed by atoms with E-state index in [1.54, 1.807) is 0 Å². The topological polar surface area (TPSA) is 37.8 Å². The van der Waals surface area contributed by atoms with Gasteiger partial charge in [-0.1, -0.05) is 31.2 Å². The lowest BCUT2D eigenvalue weighted by molar-refractivity contribution is 0.635. The Morgan fingerprint density at radius 3 is 3.06 bits per heavy atom. The Morgan fingerprint density at radius 1 is 1.41 bits per heavy atom. The highest BCUT2D eigenvalue weighted by molar-refractivity contribution is 7.09. The van der Waals surface area contributed by atoms with E-state index in [1.165, 1.54) is 29.1 Å². The van der Waals surface area contributed by atoms with Gasteiger partial charge in [0, 0.05) is 30.4 Å². The smallest absolute Gasteiger partial charge is 0.202 e. The molecule has 0 aliphatic heterocycles. The number of rotatable bonds is 4. The summed E-state index contributed by atoms with van der Waals surface area (Å²) >= 11 is 1.46. The van der Waals surface area contributed by atoms with Crippen LogP contribution in [0.3, 0.4) is 0 Å². The minimum atomic E-state index is 0.639. The highest BCUT2D eigenvalue weighted by Crippen LogP contribution is 2.34. The molecule has 1 N–H and O–H groups in total. The van der Waals surface area contributed by atoms with Crippen LogP contribution in [-0.2, 0) is 12.8 Å². The van der Waals surface area contributed by atoms with Crippen LogP contribution in [0.4, 0.5) is 5.13 Å². The van der Waals surface area contributed by atoms with Gasteiger partial charge in [0.25, 0.3) is 0 Å². The summed E-state index contributed by atoms with van der Waals surface area (Å²) in [5, 5.41) is 4.34.